The normalized spacial score (nSPS) is 18.9. The number of rotatable bonds is 23. The van der Waals surface area contributed by atoms with E-state index in [0.717, 1.165) is 6.42 Å². The van der Waals surface area contributed by atoms with Crippen molar-refractivity contribution in [1.82, 2.24) is 30.7 Å². The van der Waals surface area contributed by atoms with Crippen molar-refractivity contribution in [2.45, 2.75) is 116 Å². The minimum absolute atomic E-state index is 0.0211. The number of hydrogen-bond acceptors (Lipinski definition) is 9. The van der Waals surface area contributed by atoms with Gasteiger partial charge in [0.2, 0.25) is 23.6 Å². The van der Waals surface area contributed by atoms with Crippen LogP contribution in [0.5, 0.6) is 0 Å². The summed E-state index contributed by atoms with van der Waals surface area (Å²) < 4.78 is 23.8. The lowest BCUT2D eigenvalue weighted by molar-refractivity contribution is -0.146. The van der Waals surface area contributed by atoms with Crippen LogP contribution in [0.3, 0.4) is 0 Å². The second-order valence-electron chi connectivity index (χ2n) is 16.7. The Kier molecular flexibility index (Phi) is 20.8. The number of benzene rings is 1. The van der Waals surface area contributed by atoms with Crippen molar-refractivity contribution in [2.75, 3.05) is 66.2 Å². The molecule has 1 aliphatic heterocycles. The number of thiol groups is 1. The zero-order valence-electron chi connectivity index (χ0n) is 37.0. The van der Waals surface area contributed by atoms with Crippen LogP contribution in [0.25, 0.3) is 0 Å². The second kappa shape index (κ2) is 23.9. The van der Waals surface area contributed by atoms with E-state index < -0.39 is 64.2 Å². The molecule has 1 aromatic rings. The van der Waals surface area contributed by atoms with Gasteiger partial charge in [0.05, 0.1) is 55.3 Å². The van der Waals surface area contributed by atoms with Gasteiger partial charge in [-0.3, -0.25) is 23.4 Å². The summed E-state index contributed by atoms with van der Waals surface area (Å²) in [6, 6.07) is 6.39. The number of hydrogen-bond donors (Lipinski definition) is 5. The number of nitrogens with zero attached hydrogens (tertiary/aromatic N) is 3. The van der Waals surface area contributed by atoms with Crippen molar-refractivity contribution in [3.63, 3.8) is 0 Å². The van der Waals surface area contributed by atoms with Crippen LogP contribution >= 0.6 is 0 Å². The molecule has 0 spiro atoms. The van der Waals surface area contributed by atoms with Gasteiger partial charge in [0.15, 0.2) is 0 Å². The third kappa shape index (κ3) is 14.6. The Labute approximate surface area is 348 Å². The molecule has 1 unspecified atom stereocenters. The van der Waals surface area contributed by atoms with Crippen molar-refractivity contribution in [3.05, 3.63) is 35.9 Å². The van der Waals surface area contributed by atoms with Crippen LogP contribution in [0.1, 0.15) is 85.3 Å². The van der Waals surface area contributed by atoms with Crippen molar-refractivity contribution in [2.24, 2.45) is 17.8 Å². The molecule has 1 heterocycles. The first kappa shape index (κ1) is 50.5. The number of likely N-dealkylation sites (N-methyl/N-ethyl adjacent to an activating group) is 2. The van der Waals surface area contributed by atoms with E-state index in [1.165, 1.54) is 31.1 Å². The highest BCUT2D eigenvalue weighted by molar-refractivity contribution is 8.01. The first-order valence-electron chi connectivity index (χ1n) is 20.7. The molecule has 0 aliphatic carbocycles. The molecule has 15 nitrogen and oxygen atoms in total. The largest absolute Gasteiger partial charge is 0.386 e. The molecule has 0 aromatic heterocycles. The maximum atomic E-state index is 14.1. The number of carbonyl (C=O) groups excluding carboxylic acids is 5. The Morgan fingerprint density at radius 3 is 2.14 bits per heavy atom. The molecular weight excluding hydrogens is 765 g/mol. The average Bonchev–Trinajstić information content (AvgIpc) is 3.67. The molecule has 9 atom stereocenters. The van der Waals surface area contributed by atoms with Gasteiger partial charge in [0.25, 0.3) is 0 Å². The summed E-state index contributed by atoms with van der Waals surface area (Å²) in [5.41, 5.74) is 0.693. The van der Waals surface area contributed by atoms with Crippen molar-refractivity contribution in [3.8, 4) is 0 Å². The third-order valence-corrected chi connectivity index (χ3v) is 12.9. The predicted molar refractivity (Wildman–Crippen MR) is 229 cm³/mol. The van der Waals surface area contributed by atoms with Crippen LogP contribution in [-0.4, -0.2) is 156 Å². The summed E-state index contributed by atoms with van der Waals surface area (Å²) in [6.07, 6.45) is 3.82. The van der Waals surface area contributed by atoms with Crippen LogP contribution in [-0.2, 0) is 38.6 Å². The van der Waals surface area contributed by atoms with E-state index in [1.807, 2.05) is 45.9 Å². The first-order chi connectivity index (χ1) is 27.2. The third-order valence-electron chi connectivity index (χ3n) is 11.5. The van der Waals surface area contributed by atoms with E-state index in [-0.39, 0.29) is 48.6 Å². The number of likely N-dealkylation sites (tertiary alicyclic amines) is 1. The van der Waals surface area contributed by atoms with Gasteiger partial charge in [-0.05, 0) is 56.1 Å². The molecule has 1 saturated heterocycles. The Balaban J connectivity index is 2.12. The summed E-state index contributed by atoms with van der Waals surface area (Å²) in [7, 11) is 4.02. The number of amides is 6. The van der Waals surface area contributed by atoms with E-state index in [1.54, 1.807) is 50.4 Å². The van der Waals surface area contributed by atoms with Crippen LogP contribution in [0.4, 0.5) is 4.79 Å². The molecule has 4 N–H and O–H groups in total. The highest BCUT2D eigenvalue weighted by Gasteiger charge is 2.42. The van der Waals surface area contributed by atoms with E-state index in [0.29, 0.717) is 43.7 Å². The molecule has 0 bridgehead atoms. The zero-order valence-corrected chi connectivity index (χ0v) is 37.9. The fourth-order valence-corrected chi connectivity index (χ4v) is 8.84. The highest BCUT2D eigenvalue weighted by atomic mass is 32.2. The topological polar surface area (TPSA) is 187 Å². The van der Waals surface area contributed by atoms with Gasteiger partial charge < -0.3 is 45.2 Å². The fraction of sp³-hybridized carbons (Fsp3) is 0.738. The number of methoxy groups -OCH3 is 2. The van der Waals surface area contributed by atoms with Gasteiger partial charge in [-0.2, -0.15) is 0 Å². The fourth-order valence-electron chi connectivity index (χ4n) is 7.92. The summed E-state index contributed by atoms with van der Waals surface area (Å²) in [6.45, 7) is 11.6. The van der Waals surface area contributed by atoms with Gasteiger partial charge in [-0.25, -0.2) is 4.79 Å². The number of urea groups is 1. The van der Waals surface area contributed by atoms with Gasteiger partial charge in [0.1, 0.15) is 6.04 Å². The van der Waals surface area contributed by atoms with Crippen molar-refractivity contribution < 1.29 is 42.8 Å². The summed E-state index contributed by atoms with van der Waals surface area (Å²) in [4.78, 5) is 72.3. The maximum Gasteiger partial charge on any atom is 0.317 e. The molecule has 0 radical (unpaired) electrons. The van der Waals surface area contributed by atoms with E-state index >= 15 is 0 Å². The Morgan fingerprint density at radius 1 is 0.948 bits per heavy atom. The lowest BCUT2D eigenvalue weighted by Gasteiger charge is -2.39. The molecule has 16 heteroatoms. The summed E-state index contributed by atoms with van der Waals surface area (Å²) in [5.74, 6) is -1.79. The SMILES string of the molecule is CC[C@H](C)[C@@H]([C@@H](CC(=O)N1CCC[C@H]1[C@H](OC)[C@@H](C)C(=O)N[C@H](C)[C@@H](O)c1ccccc1)OC)N(C)C(=O)CNC(=O)C(C(C)C)N(C)C(=O)NCCC[SH](C)(C)=O. The Morgan fingerprint density at radius 2 is 1.59 bits per heavy atom. The molecular formula is C42H74N6O9S. The second-order valence-corrected chi connectivity index (χ2v) is 20.3. The average molecular weight is 839 g/mol. The molecule has 6 amide bonds. The smallest absolute Gasteiger partial charge is 0.317 e. The number of aliphatic hydroxyl groups excluding tert-OH is 1. The van der Waals surface area contributed by atoms with E-state index in [4.69, 9.17) is 9.47 Å². The van der Waals surface area contributed by atoms with Gasteiger partial charge in [-0.15, -0.1) is 9.93 Å². The maximum absolute atomic E-state index is 14.1. The van der Waals surface area contributed by atoms with Crippen LogP contribution in [0.2, 0.25) is 0 Å². The van der Waals surface area contributed by atoms with Crippen LogP contribution in [0, 0.1) is 17.8 Å². The van der Waals surface area contributed by atoms with Crippen molar-refractivity contribution in [1.29, 1.82) is 0 Å². The number of carbonyl (C=O) groups is 5. The monoisotopic (exact) mass is 839 g/mol. The molecule has 1 fully saturated rings. The molecule has 1 aromatic carbocycles. The number of nitrogens with one attached hydrogen (secondary N) is 3. The van der Waals surface area contributed by atoms with Crippen molar-refractivity contribution >= 4 is 39.6 Å². The Hall–Kier alpha value is -3.60. The van der Waals surface area contributed by atoms with Gasteiger partial charge >= 0.3 is 6.03 Å². The first-order valence-corrected chi connectivity index (χ1v) is 23.5. The highest BCUT2D eigenvalue weighted by Crippen LogP contribution is 2.29. The Bertz CT molecular complexity index is 1530. The quantitative estimate of drug-likeness (QED) is 0.0817. The van der Waals surface area contributed by atoms with E-state index in [2.05, 4.69) is 16.0 Å². The van der Waals surface area contributed by atoms with Gasteiger partial charge in [-0.1, -0.05) is 71.4 Å². The van der Waals surface area contributed by atoms with Gasteiger partial charge in [0, 0.05) is 47.2 Å². The van der Waals surface area contributed by atoms with Crippen LogP contribution < -0.4 is 16.0 Å². The van der Waals surface area contributed by atoms with Crippen LogP contribution in [0.15, 0.2) is 30.3 Å². The minimum atomic E-state index is -2.20. The zero-order chi connectivity index (χ0) is 43.9. The molecule has 332 valence electrons. The van der Waals surface area contributed by atoms with E-state index in [9.17, 15) is 33.3 Å². The molecule has 2 rings (SSSR count). The predicted octanol–water partition coefficient (Wildman–Crippen LogP) is 2.59. The lowest BCUT2D eigenvalue weighted by atomic mass is 9.90. The standard InChI is InChI=1S/C42H74N6O9S/c1-13-28(4)37(46(7)35(50)26-44-41(53)36(27(2)3)47(8)42(54)43-22-18-24-58(11,12)55)33(56-9)25-34(49)48-23-17-21-32(48)39(57-10)29(5)40(52)45-30(6)38(51)31-19-15-14-16-20-31/h14-16,19-20,27-30,32-33,36-39,51,58H,13,17-18,21-26H2,1-12H3,(H,43,54)(H,44,53)(H,45,52)/t28-,29+,30+,32-,33+,36?,37-,38+,39+/m0/s1. The molecule has 58 heavy (non-hydrogen) atoms. The molecule has 0 saturated carbocycles. The summed E-state index contributed by atoms with van der Waals surface area (Å²) >= 11 is 0. The summed E-state index contributed by atoms with van der Waals surface area (Å²) in [5, 5.41) is 19.3. The molecule has 1 aliphatic rings. The lowest BCUT2D eigenvalue weighted by Crippen LogP contribution is -2.56. The number of ether oxygens (including phenoxy) is 2. The minimum Gasteiger partial charge on any atom is -0.386 e. The number of aliphatic hydroxyl groups is 1.